The molecule has 1 aromatic carbocycles. The summed E-state index contributed by atoms with van der Waals surface area (Å²) >= 11 is 0. The van der Waals surface area contributed by atoms with Crippen LogP contribution in [-0.4, -0.2) is 19.1 Å². The molecule has 0 amide bonds. The Balaban J connectivity index is 2.02. The van der Waals surface area contributed by atoms with E-state index >= 15 is 0 Å². The Labute approximate surface area is 109 Å². The highest BCUT2D eigenvalue weighted by Gasteiger charge is 2.18. The smallest absolute Gasteiger partial charge is 0.337 e. The molecule has 2 unspecified atom stereocenters. The molecule has 98 valence electrons. The van der Waals surface area contributed by atoms with Crippen molar-refractivity contribution in [1.82, 2.24) is 0 Å². The van der Waals surface area contributed by atoms with Crippen LogP contribution in [0.1, 0.15) is 43.0 Å². The zero-order valence-corrected chi connectivity index (χ0v) is 11.1. The van der Waals surface area contributed by atoms with Gasteiger partial charge in [-0.15, -0.1) is 0 Å². The number of benzene rings is 1. The summed E-state index contributed by atoms with van der Waals surface area (Å²) in [6.07, 6.45) is 5.05. The molecule has 18 heavy (non-hydrogen) atoms. The van der Waals surface area contributed by atoms with Crippen molar-refractivity contribution in [3.8, 4) is 0 Å². The van der Waals surface area contributed by atoms with E-state index < -0.39 is 0 Å². The maximum absolute atomic E-state index is 11.5. The number of ether oxygens (including phenoxy) is 1. The van der Waals surface area contributed by atoms with Crippen LogP contribution in [0, 0.1) is 5.92 Å². The van der Waals surface area contributed by atoms with Crippen LogP contribution < -0.4 is 5.32 Å². The molecule has 2 rings (SSSR count). The molecule has 0 aromatic heterocycles. The molecule has 0 bridgehead atoms. The van der Waals surface area contributed by atoms with Gasteiger partial charge in [-0.05, 0) is 37.0 Å². The van der Waals surface area contributed by atoms with Crippen LogP contribution >= 0.6 is 0 Å². The summed E-state index contributed by atoms with van der Waals surface area (Å²) in [5.74, 6) is 0.510. The van der Waals surface area contributed by atoms with Gasteiger partial charge >= 0.3 is 5.97 Å². The summed E-state index contributed by atoms with van der Waals surface area (Å²) in [7, 11) is 1.41. The van der Waals surface area contributed by atoms with Crippen molar-refractivity contribution < 1.29 is 9.53 Å². The first kappa shape index (κ1) is 12.9. The summed E-state index contributed by atoms with van der Waals surface area (Å²) in [6.45, 7) is 2.30. The quantitative estimate of drug-likeness (QED) is 0.831. The molecular formula is C15H21NO2. The summed E-state index contributed by atoms with van der Waals surface area (Å²) in [5.41, 5.74) is 1.61. The lowest BCUT2D eigenvalue weighted by Crippen LogP contribution is -2.26. The van der Waals surface area contributed by atoms with Gasteiger partial charge in [0.15, 0.2) is 0 Å². The fraction of sp³-hybridized carbons (Fsp3) is 0.533. The van der Waals surface area contributed by atoms with Crippen molar-refractivity contribution >= 4 is 11.7 Å². The molecule has 1 aliphatic carbocycles. The third-order valence-corrected chi connectivity index (χ3v) is 3.59. The van der Waals surface area contributed by atoms with Gasteiger partial charge in [0.25, 0.3) is 0 Å². The third kappa shape index (κ3) is 3.25. The minimum Gasteiger partial charge on any atom is -0.465 e. The first-order valence-corrected chi connectivity index (χ1v) is 6.64. The Kier molecular flexibility index (Phi) is 4.24. The minimum atomic E-state index is -0.282. The number of methoxy groups -OCH3 is 1. The molecule has 3 heteroatoms. The normalized spacial score (nSPS) is 23.4. The number of carbonyl (C=O) groups excluding carboxylic acids is 1. The van der Waals surface area contributed by atoms with Crippen LogP contribution in [0.5, 0.6) is 0 Å². The van der Waals surface area contributed by atoms with Gasteiger partial charge in [0, 0.05) is 11.7 Å². The number of hydrogen-bond donors (Lipinski definition) is 1. The minimum absolute atomic E-state index is 0.282. The summed E-state index contributed by atoms with van der Waals surface area (Å²) in [5, 5.41) is 3.52. The lowest BCUT2D eigenvalue weighted by atomic mass is 9.87. The average Bonchev–Trinajstić information content (AvgIpc) is 2.38. The molecule has 1 saturated carbocycles. The largest absolute Gasteiger partial charge is 0.465 e. The molecule has 0 aliphatic heterocycles. The van der Waals surface area contributed by atoms with E-state index in [4.69, 9.17) is 4.74 Å². The second kappa shape index (κ2) is 5.89. The summed E-state index contributed by atoms with van der Waals surface area (Å²) < 4.78 is 4.73. The topological polar surface area (TPSA) is 38.3 Å². The lowest BCUT2D eigenvalue weighted by molar-refractivity contribution is 0.0601. The van der Waals surface area contributed by atoms with Crippen LogP contribution in [0.2, 0.25) is 0 Å². The van der Waals surface area contributed by atoms with Crippen LogP contribution in [-0.2, 0) is 4.74 Å². The SMILES string of the molecule is COC(=O)c1cccc(NC2CCCC(C)C2)c1. The van der Waals surface area contributed by atoms with Gasteiger partial charge in [-0.2, -0.15) is 0 Å². The molecule has 1 fully saturated rings. The highest BCUT2D eigenvalue weighted by molar-refractivity contribution is 5.90. The Hall–Kier alpha value is -1.51. The van der Waals surface area contributed by atoms with Crippen LogP contribution in [0.15, 0.2) is 24.3 Å². The predicted molar refractivity (Wildman–Crippen MR) is 72.8 cm³/mol. The predicted octanol–water partition coefficient (Wildman–Crippen LogP) is 3.46. The number of nitrogens with one attached hydrogen (secondary N) is 1. The highest BCUT2D eigenvalue weighted by Crippen LogP contribution is 2.26. The third-order valence-electron chi connectivity index (χ3n) is 3.59. The van der Waals surface area contributed by atoms with Crippen molar-refractivity contribution in [2.24, 2.45) is 5.92 Å². The van der Waals surface area contributed by atoms with E-state index in [1.54, 1.807) is 6.07 Å². The van der Waals surface area contributed by atoms with Gasteiger partial charge in [-0.1, -0.05) is 25.8 Å². The van der Waals surface area contributed by atoms with Gasteiger partial charge < -0.3 is 10.1 Å². The van der Waals surface area contributed by atoms with Gasteiger partial charge in [0.1, 0.15) is 0 Å². The van der Waals surface area contributed by atoms with Gasteiger partial charge in [0.05, 0.1) is 12.7 Å². The lowest BCUT2D eigenvalue weighted by Gasteiger charge is -2.28. The van der Waals surface area contributed by atoms with Gasteiger partial charge in [-0.25, -0.2) is 4.79 Å². The fourth-order valence-electron chi connectivity index (χ4n) is 2.65. The first-order valence-electron chi connectivity index (χ1n) is 6.64. The molecule has 1 aliphatic rings. The van der Waals surface area contributed by atoms with E-state index in [2.05, 4.69) is 12.2 Å². The zero-order chi connectivity index (χ0) is 13.0. The molecule has 0 spiro atoms. The maximum Gasteiger partial charge on any atom is 0.337 e. The second-order valence-electron chi connectivity index (χ2n) is 5.19. The van der Waals surface area contributed by atoms with Crippen molar-refractivity contribution in [2.75, 3.05) is 12.4 Å². The van der Waals surface area contributed by atoms with Gasteiger partial charge in [0.2, 0.25) is 0 Å². The number of rotatable bonds is 3. The van der Waals surface area contributed by atoms with Crippen LogP contribution in [0.3, 0.4) is 0 Å². The van der Waals surface area contributed by atoms with Crippen molar-refractivity contribution in [1.29, 1.82) is 0 Å². The standard InChI is InChI=1S/C15H21NO2/c1-11-5-3-7-13(9-11)16-14-8-4-6-12(10-14)15(17)18-2/h4,6,8,10-11,13,16H,3,5,7,9H2,1-2H3. The summed E-state index contributed by atoms with van der Waals surface area (Å²) in [4.78, 5) is 11.5. The molecule has 1 aromatic rings. The molecule has 3 nitrogen and oxygen atoms in total. The van der Waals surface area contributed by atoms with Gasteiger partial charge in [-0.3, -0.25) is 0 Å². The highest BCUT2D eigenvalue weighted by atomic mass is 16.5. The molecular weight excluding hydrogens is 226 g/mol. The van der Waals surface area contributed by atoms with E-state index in [0.29, 0.717) is 11.6 Å². The molecule has 0 radical (unpaired) electrons. The fourth-order valence-corrected chi connectivity index (χ4v) is 2.65. The number of hydrogen-bond acceptors (Lipinski definition) is 3. The molecule has 0 saturated heterocycles. The van der Waals surface area contributed by atoms with E-state index in [0.717, 1.165) is 11.6 Å². The van der Waals surface area contributed by atoms with Crippen LogP contribution in [0.25, 0.3) is 0 Å². The number of esters is 1. The van der Waals surface area contributed by atoms with Crippen LogP contribution in [0.4, 0.5) is 5.69 Å². The second-order valence-corrected chi connectivity index (χ2v) is 5.19. The number of anilines is 1. The first-order chi connectivity index (χ1) is 8.69. The average molecular weight is 247 g/mol. The Morgan fingerprint density at radius 3 is 2.94 bits per heavy atom. The molecule has 1 N–H and O–H groups in total. The van der Waals surface area contributed by atoms with E-state index in [1.165, 1.54) is 32.8 Å². The van der Waals surface area contributed by atoms with E-state index in [-0.39, 0.29) is 5.97 Å². The van der Waals surface area contributed by atoms with Crippen molar-refractivity contribution in [2.45, 2.75) is 38.6 Å². The maximum atomic E-state index is 11.5. The van der Waals surface area contributed by atoms with E-state index in [1.807, 2.05) is 18.2 Å². The molecule has 0 heterocycles. The molecule has 2 atom stereocenters. The Morgan fingerprint density at radius 2 is 2.22 bits per heavy atom. The Morgan fingerprint density at radius 1 is 1.39 bits per heavy atom. The summed E-state index contributed by atoms with van der Waals surface area (Å²) in [6, 6.07) is 8.07. The monoisotopic (exact) mass is 247 g/mol. The van der Waals surface area contributed by atoms with Crippen molar-refractivity contribution in [3.05, 3.63) is 29.8 Å². The Bertz CT molecular complexity index is 417. The number of carbonyl (C=O) groups is 1. The van der Waals surface area contributed by atoms with E-state index in [9.17, 15) is 4.79 Å². The zero-order valence-electron chi connectivity index (χ0n) is 11.1. The van der Waals surface area contributed by atoms with Crippen molar-refractivity contribution in [3.63, 3.8) is 0 Å².